The quantitative estimate of drug-likeness (QED) is 0.359. The first-order valence-electron chi connectivity index (χ1n) is 9.20. The number of imidazole rings is 1. The van der Waals surface area contributed by atoms with Crippen molar-refractivity contribution >= 4 is 21.8 Å². The van der Waals surface area contributed by atoms with Crippen LogP contribution in [-0.4, -0.2) is 41.1 Å². The van der Waals surface area contributed by atoms with Gasteiger partial charge in [-0.15, -0.1) is 0 Å². The van der Waals surface area contributed by atoms with Crippen molar-refractivity contribution in [2.75, 3.05) is 26.9 Å². The Morgan fingerprint density at radius 1 is 1.31 bits per heavy atom. The Kier molecular flexibility index (Phi) is 7.70. The number of pyridine rings is 1. The second-order valence-electron chi connectivity index (χ2n) is 6.62. The maximum atomic E-state index is 12.9. The minimum atomic E-state index is -1.39. The van der Waals surface area contributed by atoms with Crippen LogP contribution in [-0.2, 0) is 27.7 Å². The molecule has 1 aromatic carbocycles. The molecule has 4 rings (SSSR count). The fourth-order valence-corrected chi connectivity index (χ4v) is 4.22. The van der Waals surface area contributed by atoms with Crippen molar-refractivity contribution in [2.45, 2.75) is 30.7 Å². The number of methoxy groups -OCH3 is 1. The van der Waals surface area contributed by atoms with Crippen molar-refractivity contribution in [2.24, 2.45) is 0 Å². The molecule has 0 spiro atoms. The average Bonchev–Trinajstić information content (AvgIpc) is 3.31. The number of hydrogen-bond acceptors (Lipinski definition) is 6. The van der Waals surface area contributed by atoms with E-state index in [1.807, 2.05) is 25.1 Å². The third-order valence-corrected chi connectivity index (χ3v) is 5.82. The van der Waals surface area contributed by atoms with E-state index in [9.17, 15) is 4.21 Å². The van der Waals surface area contributed by atoms with E-state index < -0.39 is 10.8 Å². The summed E-state index contributed by atoms with van der Waals surface area (Å²) >= 11 is 0. The van der Waals surface area contributed by atoms with Gasteiger partial charge in [0.15, 0.2) is 0 Å². The van der Waals surface area contributed by atoms with Crippen molar-refractivity contribution in [1.82, 2.24) is 15.0 Å². The van der Waals surface area contributed by atoms with Gasteiger partial charge in [-0.05, 0) is 35.7 Å². The van der Waals surface area contributed by atoms with Gasteiger partial charge in [0.25, 0.3) is 0 Å². The zero-order valence-corrected chi connectivity index (χ0v) is 19.8. The first-order valence-corrected chi connectivity index (χ1v) is 10.5. The summed E-state index contributed by atoms with van der Waals surface area (Å²) in [5.74, 6) is 1.84. The van der Waals surface area contributed by atoms with Gasteiger partial charge in [-0.25, -0.2) is 0 Å². The van der Waals surface area contributed by atoms with E-state index in [0.29, 0.717) is 30.5 Å². The molecule has 0 fully saturated rings. The number of hydrogen-bond donors (Lipinski definition) is 0. The number of aromatic nitrogens is 3. The van der Waals surface area contributed by atoms with Crippen molar-refractivity contribution < 1.29 is 48.0 Å². The van der Waals surface area contributed by atoms with E-state index in [0.717, 1.165) is 46.7 Å². The van der Waals surface area contributed by atoms with Crippen LogP contribution in [0.15, 0.2) is 29.6 Å². The maximum absolute atomic E-state index is 12.9. The minimum Gasteiger partial charge on any atom is -0.493 e. The summed E-state index contributed by atoms with van der Waals surface area (Å²) in [5, 5.41) is 0.325. The average molecular weight is 423 g/mol. The molecule has 0 amide bonds. The number of fused-ring (bicyclic) bond motifs is 2. The molecule has 0 aliphatic carbocycles. The molecule has 1 aliphatic heterocycles. The van der Waals surface area contributed by atoms with Gasteiger partial charge in [-0.1, -0.05) is 6.07 Å². The van der Waals surface area contributed by atoms with Crippen LogP contribution in [0.25, 0.3) is 11.0 Å². The maximum Gasteiger partial charge on any atom is 1.00 e. The molecule has 9 heteroatoms. The van der Waals surface area contributed by atoms with Gasteiger partial charge < -0.3 is 24.2 Å². The van der Waals surface area contributed by atoms with Crippen LogP contribution in [0.2, 0.25) is 0 Å². The third-order valence-electron chi connectivity index (χ3n) is 4.70. The molecule has 0 saturated heterocycles. The summed E-state index contributed by atoms with van der Waals surface area (Å²) in [6.07, 6.45) is 3.35. The largest absolute Gasteiger partial charge is 1.00 e. The second-order valence-corrected chi connectivity index (χ2v) is 7.96. The van der Waals surface area contributed by atoms with Crippen molar-refractivity contribution in [3.63, 3.8) is 0 Å². The van der Waals surface area contributed by atoms with Crippen LogP contribution in [0.1, 0.15) is 23.2 Å². The number of nitrogens with zero attached hydrogens (tertiary/aromatic N) is 3. The molecular formula is C20H22N3NaO4S. The normalized spacial score (nSPS) is 13.6. The van der Waals surface area contributed by atoms with E-state index in [2.05, 4.69) is 15.0 Å². The fraction of sp³-hybridized carbons (Fsp3) is 0.400. The Labute approximate surface area is 194 Å². The van der Waals surface area contributed by atoms with E-state index in [1.54, 1.807) is 13.3 Å². The predicted molar refractivity (Wildman–Crippen MR) is 105 cm³/mol. The summed E-state index contributed by atoms with van der Waals surface area (Å²) in [6.45, 7) is 3.83. The number of benzene rings is 1. The second kappa shape index (κ2) is 10.0. The standard InChI is InChI=1S/C20H22N3O4S.Na/c1-13-17(21-6-4-18(13)26-8-3-7-25-2)12-28(24)20-22-15-10-14-5-9-27-19(14)11-16(15)23-20;/h4,6,10-11H,3,5,7-9,12H2,1-2H3;/q-1;+1/t28-;/m1./s1. The van der Waals surface area contributed by atoms with Gasteiger partial charge in [-0.2, -0.15) is 0 Å². The summed E-state index contributed by atoms with van der Waals surface area (Å²) in [4.78, 5) is 13.3. The van der Waals surface area contributed by atoms with Crippen molar-refractivity contribution in [3.05, 3.63) is 41.2 Å². The fourth-order valence-electron chi connectivity index (χ4n) is 3.15. The van der Waals surface area contributed by atoms with Crippen LogP contribution in [0.5, 0.6) is 11.5 Å². The molecule has 1 atom stereocenters. The number of rotatable bonds is 8. The molecule has 3 heterocycles. The summed E-state index contributed by atoms with van der Waals surface area (Å²) in [7, 11) is 0.275. The van der Waals surface area contributed by atoms with Crippen LogP contribution in [0, 0.1) is 6.92 Å². The molecule has 0 bridgehead atoms. The molecule has 0 N–H and O–H groups in total. The molecule has 3 aromatic rings. The van der Waals surface area contributed by atoms with Crippen LogP contribution in [0.4, 0.5) is 0 Å². The molecule has 148 valence electrons. The SMILES string of the molecule is COCCCOc1ccnc(C[S@@](=O)c2nc3cc4c(cc3[n-]2)OCC4)c1C.[Na+]. The molecular weight excluding hydrogens is 401 g/mol. The van der Waals surface area contributed by atoms with Crippen molar-refractivity contribution in [3.8, 4) is 11.5 Å². The van der Waals surface area contributed by atoms with Gasteiger partial charge in [-0.3, -0.25) is 9.19 Å². The Bertz CT molecular complexity index is 983. The summed E-state index contributed by atoms with van der Waals surface area (Å²) in [6, 6.07) is 5.68. The minimum absolute atomic E-state index is 0. The van der Waals surface area contributed by atoms with E-state index in [-0.39, 0.29) is 35.3 Å². The summed E-state index contributed by atoms with van der Waals surface area (Å²) < 4.78 is 29.3. The smallest absolute Gasteiger partial charge is 0.493 e. The monoisotopic (exact) mass is 423 g/mol. The van der Waals surface area contributed by atoms with E-state index in [1.165, 1.54) is 0 Å². The zero-order chi connectivity index (χ0) is 19.5. The molecule has 7 nitrogen and oxygen atoms in total. The topological polar surface area (TPSA) is 84.6 Å². The van der Waals surface area contributed by atoms with Crippen molar-refractivity contribution in [1.29, 1.82) is 0 Å². The van der Waals surface area contributed by atoms with E-state index in [4.69, 9.17) is 14.2 Å². The molecule has 0 saturated carbocycles. The van der Waals surface area contributed by atoms with Crippen LogP contribution >= 0.6 is 0 Å². The Balaban J connectivity index is 0.00000240. The molecule has 1 aliphatic rings. The Hall–Kier alpha value is -1.45. The third kappa shape index (κ3) is 5.00. The number of ether oxygens (including phenoxy) is 3. The summed E-state index contributed by atoms with van der Waals surface area (Å²) in [5.41, 5.74) is 4.20. The Morgan fingerprint density at radius 2 is 2.17 bits per heavy atom. The van der Waals surface area contributed by atoms with Gasteiger partial charge in [0, 0.05) is 43.5 Å². The van der Waals surface area contributed by atoms with Crippen LogP contribution < -0.4 is 44.0 Å². The first-order chi connectivity index (χ1) is 13.7. The van der Waals surface area contributed by atoms with Gasteiger partial charge >= 0.3 is 29.6 Å². The molecule has 29 heavy (non-hydrogen) atoms. The van der Waals surface area contributed by atoms with E-state index >= 15 is 0 Å². The molecule has 0 unspecified atom stereocenters. The Morgan fingerprint density at radius 3 is 3.00 bits per heavy atom. The predicted octanol–water partition coefficient (Wildman–Crippen LogP) is -0.443. The molecule has 0 radical (unpaired) electrons. The van der Waals surface area contributed by atoms with Gasteiger partial charge in [0.2, 0.25) is 0 Å². The van der Waals surface area contributed by atoms with Gasteiger partial charge in [0.1, 0.15) is 11.5 Å². The first kappa shape index (κ1) is 22.2. The van der Waals surface area contributed by atoms with Crippen LogP contribution in [0.3, 0.4) is 0 Å². The molecule has 2 aromatic heterocycles. The van der Waals surface area contributed by atoms with Gasteiger partial charge in [0.05, 0.1) is 35.5 Å². The zero-order valence-electron chi connectivity index (χ0n) is 16.9.